The van der Waals surface area contributed by atoms with Crippen LogP contribution in [0, 0.1) is 5.41 Å². The first-order chi connectivity index (χ1) is 12.1. The maximum atomic E-state index is 11.4. The molecule has 0 saturated heterocycles. The lowest BCUT2D eigenvalue weighted by Crippen LogP contribution is -2.28. The smallest absolute Gasteiger partial charge is 0.405 e. The number of aryl methyl sites for hydroxylation is 1. The molecule has 2 aliphatic rings. The molecule has 2 aliphatic carbocycles. The molecule has 0 bridgehead atoms. The summed E-state index contributed by atoms with van der Waals surface area (Å²) in [4.78, 5) is 11.4. The third-order valence-corrected chi connectivity index (χ3v) is 5.48. The van der Waals surface area contributed by atoms with Gasteiger partial charge in [0.2, 0.25) is 0 Å². The minimum absolute atomic E-state index is 0.123. The van der Waals surface area contributed by atoms with E-state index in [1.165, 1.54) is 5.56 Å². The largest absolute Gasteiger partial charge is 0.494 e. The quantitative estimate of drug-likeness (QED) is 0.886. The van der Waals surface area contributed by atoms with Crippen molar-refractivity contribution in [1.82, 2.24) is 0 Å². The van der Waals surface area contributed by atoms with E-state index in [4.69, 9.17) is 15.2 Å². The molecule has 4 nitrogen and oxygen atoms in total. The summed E-state index contributed by atoms with van der Waals surface area (Å²) < 4.78 is 11.1. The predicted molar refractivity (Wildman–Crippen MR) is 96.4 cm³/mol. The second-order valence-electron chi connectivity index (χ2n) is 7.05. The normalized spacial score (nSPS) is 20.0. The van der Waals surface area contributed by atoms with Gasteiger partial charge in [-0.15, -0.1) is 0 Å². The molecular weight excluding hydrogens is 314 g/mol. The van der Waals surface area contributed by atoms with Crippen LogP contribution in [-0.2, 0) is 11.2 Å². The lowest BCUT2D eigenvalue weighted by molar-refractivity contribution is 0.0471. The monoisotopic (exact) mass is 337 g/mol. The molecule has 1 spiro atoms. The van der Waals surface area contributed by atoms with E-state index in [-0.39, 0.29) is 11.5 Å². The van der Waals surface area contributed by atoms with Gasteiger partial charge < -0.3 is 15.2 Å². The summed E-state index contributed by atoms with van der Waals surface area (Å²) in [5, 5.41) is 0. The molecule has 4 heteroatoms. The van der Waals surface area contributed by atoms with E-state index < -0.39 is 6.09 Å². The van der Waals surface area contributed by atoms with E-state index in [1.807, 2.05) is 19.1 Å². The topological polar surface area (TPSA) is 61.6 Å². The fourth-order valence-corrected chi connectivity index (χ4v) is 4.01. The third-order valence-electron chi connectivity index (χ3n) is 5.48. The van der Waals surface area contributed by atoms with Crippen LogP contribution in [0.15, 0.2) is 42.5 Å². The molecule has 2 aromatic rings. The highest BCUT2D eigenvalue weighted by molar-refractivity contribution is 5.68. The van der Waals surface area contributed by atoms with Crippen LogP contribution in [0.25, 0.3) is 11.1 Å². The van der Waals surface area contributed by atoms with Crippen molar-refractivity contribution in [2.75, 3.05) is 6.61 Å². The first-order valence-corrected chi connectivity index (χ1v) is 8.93. The number of benzene rings is 2. The minimum Gasteiger partial charge on any atom is -0.494 e. The minimum atomic E-state index is -0.683. The van der Waals surface area contributed by atoms with Crippen molar-refractivity contribution in [3.05, 3.63) is 53.6 Å². The maximum absolute atomic E-state index is 11.4. The van der Waals surface area contributed by atoms with Crippen molar-refractivity contribution in [3.8, 4) is 16.9 Å². The summed E-state index contributed by atoms with van der Waals surface area (Å²) in [6.45, 7) is 2.64. The van der Waals surface area contributed by atoms with E-state index >= 15 is 0 Å². The molecule has 1 saturated carbocycles. The molecule has 4 rings (SSSR count). The summed E-state index contributed by atoms with van der Waals surface area (Å²) >= 11 is 0. The van der Waals surface area contributed by atoms with Gasteiger partial charge in [0.05, 0.1) is 6.61 Å². The van der Waals surface area contributed by atoms with Gasteiger partial charge in [0, 0.05) is 5.41 Å². The van der Waals surface area contributed by atoms with Crippen LogP contribution >= 0.6 is 0 Å². The SMILES string of the molecule is CCOc1cccc(-c2ccc3c(c2)CCC2(CC2)C3OC(N)=O)c1. The number of hydrogen-bond donors (Lipinski definition) is 1. The average molecular weight is 337 g/mol. The van der Waals surface area contributed by atoms with Gasteiger partial charge in [-0.3, -0.25) is 0 Å². The van der Waals surface area contributed by atoms with Gasteiger partial charge in [0.1, 0.15) is 11.9 Å². The average Bonchev–Trinajstić information content (AvgIpc) is 3.38. The molecule has 25 heavy (non-hydrogen) atoms. The molecule has 1 atom stereocenters. The van der Waals surface area contributed by atoms with Crippen LogP contribution < -0.4 is 10.5 Å². The second-order valence-corrected chi connectivity index (χ2v) is 7.05. The Morgan fingerprint density at radius 2 is 1.96 bits per heavy atom. The molecule has 1 unspecified atom stereocenters. The summed E-state index contributed by atoms with van der Waals surface area (Å²) in [7, 11) is 0. The molecule has 0 heterocycles. The van der Waals surface area contributed by atoms with Crippen molar-refractivity contribution in [3.63, 3.8) is 0 Å². The van der Waals surface area contributed by atoms with Crippen molar-refractivity contribution < 1.29 is 14.3 Å². The Morgan fingerprint density at radius 3 is 2.68 bits per heavy atom. The summed E-state index contributed by atoms with van der Waals surface area (Å²) in [6, 6.07) is 14.6. The van der Waals surface area contributed by atoms with Crippen LogP contribution in [0.4, 0.5) is 4.79 Å². The summed E-state index contributed by atoms with van der Waals surface area (Å²) in [6.07, 6.45) is 3.42. The van der Waals surface area contributed by atoms with Crippen molar-refractivity contribution in [2.45, 2.75) is 38.7 Å². The first-order valence-electron chi connectivity index (χ1n) is 8.93. The second kappa shape index (κ2) is 6.10. The molecule has 2 aromatic carbocycles. The van der Waals surface area contributed by atoms with Crippen LogP contribution in [-0.4, -0.2) is 12.7 Å². The van der Waals surface area contributed by atoms with Gasteiger partial charge in [-0.25, -0.2) is 4.79 Å². The molecular formula is C21H23NO3. The number of carbonyl (C=O) groups is 1. The van der Waals surface area contributed by atoms with E-state index in [0.717, 1.165) is 48.1 Å². The highest BCUT2D eigenvalue weighted by atomic mass is 16.6. The Morgan fingerprint density at radius 1 is 1.16 bits per heavy atom. The number of amides is 1. The molecule has 1 amide bonds. The van der Waals surface area contributed by atoms with E-state index in [9.17, 15) is 4.79 Å². The van der Waals surface area contributed by atoms with Crippen molar-refractivity contribution >= 4 is 6.09 Å². The Hall–Kier alpha value is -2.49. The fourth-order valence-electron chi connectivity index (χ4n) is 4.01. The lowest BCUT2D eigenvalue weighted by atomic mass is 9.78. The maximum Gasteiger partial charge on any atom is 0.405 e. The molecule has 1 fully saturated rings. The molecule has 2 N–H and O–H groups in total. The predicted octanol–water partition coefficient (Wildman–Crippen LogP) is 4.62. The summed E-state index contributed by atoms with van der Waals surface area (Å²) in [5.74, 6) is 0.879. The number of hydrogen-bond acceptors (Lipinski definition) is 3. The van der Waals surface area contributed by atoms with Gasteiger partial charge in [-0.2, -0.15) is 0 Å². The van der Waals surface area contributed by atoms with Gasteiger partial charge in [-0.1, -0.05) is 30.3 Å². The highest BCUT2D eigenvalue weighted by Gasteiger charge is 2.54. The Balaban J connectivity index is 1.68. The highest BCUT2D eigenvalue weighted by Crippen LogP contribution is 2.62. The van der Waals surface area contributed by atoms with Crippen LogP contribution in [0.3, 0.4) is 0 Å². The number of primary amides is 1. The zero-order valence-electron chi connectivity index (χ0n) is 14.5. The van der Waals surface area contributed by atoms with Crippen LogP contribution in [0.2, 0.25) is 0 Å². The van der Waals surface area contributed by atoms with E-state index in [0.29, 0.717) is 6.61 Å². The number of rotatable bonds is 4. The molecule has 0 aliphatic heterocycles. The zero-order chi connectivity index (χ0) is 17.4. The van der Waals surface area contributed by atoms with Gasteiger partial charge in [0.15, 0.2) is 0 Å². The van der Waals surface area contributed by atoms with Gasteiger partial charge in [-0.05, 0) is 67.0 Å². The van der Waals surface area contributed by atoms with Gasteiger partial charge in [0.25, 0.3) is 0 Å². The fraction of sp³-hybridized carbons (Fsp3) is 0.381. The van der Waals surface area contributed by atoms with Crippen molar-refractivity contribution in [2.24, 2.45) is 11.1 Å². The standard InChI is InChI=1S/C21H23NO3/c1-2-24-17-5-3-4-14(13-17)15-6-7-18-16(12-15)8-9-21(10-11-21)19(18)25-20(22)23/h3-7,12-13,19H,2,8-11H2,1H3,(H2,22,23). The lowest BCUT2D eigenvalue weighted by Gasteiger charge is -2.33. The zero-order valence-corrected chi connectivity index (χ0v) is 14.5. The van der Waals surface area contributed by atoms with E-state index in [2.05, 4.69) is 30.3 Å². The summed E-state index contributed by atoms with van der Waals surface area (Å²) in [5.41, 5.74) is 10.1. The molecule has 0 radical (unpaired) electrons. The number of nitrogens with two attached hydrogens (primary N) is 1. The Kier molecular flexibility index (Phi) is 3.91. The van der Waals surface area contributed by atoms with Gasteiger partial charge >= 0.3 is 6.09 Å². The number of ether oxygens (including phenoxy) is 2. The molecule has 0 aromatic heterocycles. The van der Waals surface area contributed by atoms with Crippen LogP contribution in [0.1, 0.15) is 43.4 Å². The molecule has 130 valence electrons. The Labute approximate surface area is 147 Å². The first kappa shape index (κ1) is 16.0. The number of fused-ring (bicyclic) bond motifs is 1. The van der Waals surface area contributed by atoms with Crippen molar-refractivity contribution in [1.29, 1.82) is 0 Å². The third kappa shape index (κ3) is 2.97. The van der Waals surface area contributed by atoms with Crippen LogP contribution in [0.5, 0.6) is 5.75 Å². The van der Waals surface area contributed by atoms with E-state index in [1.54, 1.807) is 0 Å². The number of carbonyl (C=O) groups excluding carboxylic acids is 1. The Bertz CT molecular complexity index is 811.